The minimum Gasteiger partial charge on any atom is -0.266 e. The van der Waals surface area contributed by atoms with Crippen molar-refractivity contribution < 1.29 is 8.42 Å². The molecule has 2 aromatic carbocycles. The van der Waals surface area contributed by atoms with Crippen molar-refractivity contribution in [3.05, 3.63) is 88.8 Å². The third-order valence-corrected chi connectivity index (χ3v) is 6.49. The number of anilines is 1. The quantitative estimate of drug-likeness (QED) is 0.486. The topological polar surface area (TPSA) is 81.8 Å². The average Bonchev–Trinajstić information content (AvgIpc) is 3.27. The summed E-state index contributed by atoms with van der Waals surface area (Å²) in [6.07, 6.45) is 1.72. The van der Waals surface area contributed by atoms with Crippen LogP contribution in [-0.4, -0.2) is 28.0 Å². The Bertz CT molecular complexity index is 1280. The first-order valence-corrected chi connectivity index (χ1v) is 11.1. The molecule has 0 aliphatic carbocycles. The van der Waals surface area contributed by atoms with Crippen LogP contribution in [0.1, 0.15) is 17.0 Å². The predicted molar refractivity (Wildman–Crippen MR) is 117 cm³/mol. The van der Waals surface area contributed by atoms with E-state index in [2.05, 4.69) is 14.9 Å². The molecule has 0 saturated heterocycles. The lowest BCUT2D eigenvalue weighted by molar-refractivity contribution is 0.599. The largest absolute Gasteiger partial charge is 0.266 e. The number of benzene rings is 2. The molecule has 4 rings (SSSR count). The minimum absolute atomic E-state index is 0.151. The lowest BCUT2D eigenvalue weighted by Gasteiger charge is -2.07. The van der Waals surface area contributed by atoms with Gasteiger partial charge in [-0.1, -0.05) is 41.9 Å². The second-order valence-electron chi connectivity index (χ2n) is 6.88. The van der Waals surface area contributed by atoms with Crippen molar-refractivity contribution in [3.8, 4) is 5.69 Å². The van der Waals surface area contributed by atoms with Gasteiger partial charge >= 0.3 is 0 Å². The average molecular weight is 442 g/mol. The van der Waals surface area contributed by atoms with Gasteiger partial charge in [0.15, 0.2) is 5.82 Å². The third kappa shape index (κ3) is 4.10. The van der Waals surface area contributed by atoms with E-state index in [4.69, 9.17) is 11.6 Å². The Balaban J connectivity index is 1.58. The lowest BCUT2D eigenvalue weighted by atomic mass is 10.2. The summed E-state index contributed by atoms with van der Waals surface area (Å²) in [4.78, 5) is 0.151. The van der Waals surface area contributed by atoms with Crippen LogP contribution in [0.2, 0.25) is 5.02 Å². The highest BCUT2D eigenvalue weighted by atomic mass is 35.5. The number of para-hydroxylation sites is 1. The number of hydrogen-bond donors (Lipinski definition) is 1. The van der Waals surface area contributed by atoms with Gasteiger partial charge in [-0.25, -0.2) is 13.1 Å². The number of halogens is 1. The predicted octanol–water partition coefficient (Wildman–Crippen LogP) is 4.19. The molecule has 30 heavy (non-hydrogen) atoms. The fraction of sp³-hybridized carbons (Fsp3) is 0.143. The first-order valence-electron chi connectivity index (χ1n) is 9.26. The van der Waals surface area contributed by atoms with Crippen molar-refractivity contribution in [3.63, 3.8) is 0 Å². The molecule has 4 aromatic rings. The Morgan fingerprint density at radius 1 is 0.967 bits per heavy atom. The Labute approximate surface area is 180 Å². The second-order valence-corrected chi connectivity index (χ2v) is 8.93. The van der Waals surface area contributed by atoms with Gasteiger partial charge in [0.25, 0.3) is 10.0 Å². The number of sulfonamides is 1. The van der Waals surface area contributed by atoms with Crippen LogP contribution < -0.4 is 4.72 Å². The van der Waals surface area contributed by atoms with Crippen LogP contribution in [0.4, 0.5) is 5.82 Å². The van der Waals surface area contributed by atoms with Crippen molar-refractivity contribution in [2.45, 2.75) is 25.3 Å². The molecule has 9 heteroatoms. The van der Waals surface area contributed by atoms with Gasteiger partial charge in [-0.15, -0.1) is 0 Å². The molecule has 0 fully saturated rings. The molecule has 0 amide bonds. The minimum atomic E-state index is -3.85. The molecule has 0 bridgehead atoms. The maximum absolute atomic E-state index is 13.1. The standard InChI is InChI=1S/C21H20ClN5O2S/c1-15-21(16(2)27(23-15)19-6-4-3-5-7-19)30(28,29)25-20-12-13-26(24-20)14-17-8-10-18(22)11-9-17/h3-13H,14H2,1-2H3,(H,24,25). The monoisotopic (exact) mass is 441 g/mol. The van der Waals surface area contributed by atoms with Gasteiger partial charge < -0.3 is 0 Å². The van der Waals surface area contributed by atoms with Gasteiger partial charge in [0.05, 0.1) is 23.6 Å². The number of rotatable bonds is 6. The molecular weight excluding hydrogens is 422 g/mol. The summed E-state index contributed by atoms with van der Waals surface area (Å²) in [5.41, 5.74) is 2.76. The Morgan fingerprint density at radius 2 is 1.67 bits per heavy atom. The zero-order valence-electron chi connectivity index (χ0n) is 16.4. The number of nitrogens with one attached hydrogen (secondary N) is 1. The fourth-order valence-corrected chi connectivity index (χ4v) is 4.82. The summed E-state index contributed by atoms with van der Waals surface area (Å²) in [5, 5.41) is 9.41. The van der Waals surface area contributed by atoms with Gasteiger partial charge in [-0.3, -0.25) is 9.40 Å². The molecule has 0 atom stereocenters. The highest BCUT2D eigenvalue weighted by molar-refractivity contribution is 7.92. The molecule has 0 aliphatic rings. The molecule has 0 aliphatic heterocycles. The van der Waals surface area contributed by atoms with Crippen molar-refractivity contribution in [2.75, 3.05) is 4.72 Å². The lowest BCUT2D eigenvalue weighted by Crippen LogP contribution is -2.15. The highest BCUT2D eigenvalue weighted by Gasteiger charge is 2.26. The smallest absolute Gasteiger partial charge is 0.266 e. The van der Waals surface area contributed by atoms with Crippen LogP contribution in [0.3, 0.4) is 0 Å². The van der Waals surface area contributed by atoms with E-state index in [0.29, 0.717) is 23.0 Å². The van der Waals surface area contributed by atoms with Gasteiger partial charge in [0, 0.05) is 17.3 Å². The summed E-state index contributed by atoms with van der Waals surface area (Å²) in [6, 6.07) is 18.5. The maximum atomic E-state index is 13.1. The normalized spacial score (nSPS) is 11.6. The SMILES string of the molecule is Cc1nn(-c2ccccc2)c(C)c1S(=O)(=O)Nc1ccn(Cc2ccc(Cl)cc2)n1. The number of nitrogens with zero attached hydrogens (tertiary/aromatic N) is 4. The van der Waals surface area contributed by atoms with Crippen LogP contribution in [0, 0.1) is 13.8 Å². The van der Waals surface area contributed by atoms with Crippen LogP contribution in [0.25, 0.3) is 5.69 Å². The van der Waals surface area contributed by atoms with E-state index in [1.165, 1.54) is 0 Å². The van der Waals surface area contributed by atoms with Crippen LogP contribution in [0.5, 0.6) is 0 Å². The first kappa shape index (κ1) is 20.2. The maximum Gasteiger partial charge on any atom is 0.266 e. The Morgan fingerprint density at radius 3 is 2.37 bits per heavy atom. The summed E-state index contributed by atoms with van der Waals surface area (Å²) in [5.74, 6) is 0.246. The summed E-state index contributed by atoms with van der Waals surface area (Å²) in [7, 11) is -3.85. The molecule has 0 saturated carbocycles. The third-order valence-electron chi connectivity index (χ3n) is 4.63. The summed E-state index contributed by atoms with van der Waals surface area (Å²) < 4.78 is 32.0. The first-order chi connectivity index (χ1) is 14.3. The molecule has 2 aromatic heterocycles. The van der Waals surface area contributed by atoms with E-state index in [0.717, 1.165) is 11.3 Å². The highest BCUT2D eigenvalue weighted by Crippen LogP contribution is 2.24. The summed E-state index contributed by atoms with van der Waals surface area (Å²) >= 11 is 5.91. The van der Waals surface area contributed by atoms with Crippen molar-refractivity contribution in [2.24, 2.45) is 0 Å². The number of hydrogen-bond acceptors (Lipinski definition) is 4. The van der Waals surface area contributed by atoms with Crippen LogP contribution in [0.15, 0.2) is 71.8 Å². The van der Waals surface area contributed by atoms with E-state index >= 15 is 0 Å². The van der Waals surface area contributed by atoms with E-state index in [1.807, 2.05) is 42.5 Å². The number of aromatic nitrogens is 4. The van der Waals surface area contributed by atoms with Gasteiger partial charge in [0.1, 0.15) is 4.90 Å². The van der Waals surface area contributed by atoms with Crippen LogP contribution >= 0.6 is 11.6 Å². The van der Waals surface area contributed by atoms with E-state index < -0.39 is 10.0 Å². The Hall–Kier alpha value is -3.10. The molecule has 0 radical (unpaired) electrons. The zero-order chi connectivity index (χ0) is 21.3. The van der Waals surface area contributed by atoms with E-state index in [-0.39, 0.29) is 10.7 Å². The Kier molecular flexibility index (Phi) is 5.36. The van der Waals surface area contributed by atoms with Crippen molar-refractivity contribution in [1.29, 1.82) is 0 Å². The number of aryl methyl sites for hydroxylation is 1. The van der Waals surface area contributed by atoms with Gasteiger partial charge in [0.2, 0.25) is 0 Å². The van der Waals surface area contributed by atoms with Crippen molar-refractivity contribution in [1.82, 2.24) is 19.6 Å². The molecule has 2 heterocycles. The van der Waals surface area contributed by atoms with Crippen molar-refractivity contribution >= 4 is 27.4 Å². The summed E-state index contributed by atoms with van der Waals surface area (Å²) in [6.45, 7) is 3.92. The van der Waals surface area contributed by atoms with E-state index in [1.54, 1.807) is 47.6 Å². The molecule has 154 valence electrons. The molecule has 0 unspecified atom stereocenters. The van der Waals surface area contributed by atoms with Crippen LogP contribution in [-0.2, 0) is 16.6 Å². The molecule has 7 nitrogen and oxygen atoms in total. The second kappa shape index (κ2) is 7.97. The molecule has 1 N–H and O–H groups in total. The fourth-order valence-electron chi connectivity index (χ4n) is 3.31. The van der Waals surface area contributed by atoms with Gasteiger partial charge in [-0.2, -0.15) is 10.2 Å². The zero-order valence-corrected chi connectivity index (χ0v) is 18.0. The van der Waals surface area contributed by atoms with Gasteiger partial charge in [-0.05, 0) is 43.7 Å². The van der Waals surface area contributed by atoms with E-state index in [9.17, 15) is 8.42 Å². The molecule has 0 spiro atoms. The molecular formula is C21H20ClN5O2S.